The van der Waals surface area contributed by atoms with Crippen LogP contribution < -0.4 is 5.73 Å². The molecule has 0 fully saturated rings. The van der Waals surface area contributed by atoms with E-state index < -0.39 is 0 Å². The fraction of sp³-hybridized carbons (Fsp3) is 0.833. The van der Waals surface area contributed by atoms with Crippen molar-refractivity contribution in [2.24, 2.45) is 5.73 Å². The lowest BCUT2D eigenvalue weighted by Gasteiger charge is -2.41. The standard InChI is InChI=1S/C12H24N2/c1-6-8-9-10-11(13)12(3,7-2)14(4)5/h1,11H,7-10,13H2,2-5H3. The molecule has 0 amide bonds. The Morgan fingerprint density at radius 1 is 1.50 bits per heavy atom. The SMILES string of the molecule is C#CCCCC(N)C(C)(CC)N(C)C. The number of rotatable bonds is 6. The van der Waals surface area contributed by atoms with Crippen LogP contribution in [-0.2, 0) is 0 Å². The second kappa shape index (κ2) is 6.06. The molecular formula is C12H24N2. The second-order valence-corrected chi connectivity index (χ2v) is 4.31. The summed E-state index contributed by atoms with van der Waals surface area (Å²) >= 11 is 0. The molecule has 2 atom stereocenters. The van der Waals surface area contributed by atoms with Crippen LogP contribution in [0.5, 0.6) is 0 Å². The van der Waals surface area contributed by atoms with Crippen molar-refractivity contribution in [2.45, 2.75) is 51.1 Å². The monoisotopic (exact) mass is 196 g/mol. The molecule has 0 aliphatic carbocycles. The van der Waals surface area contributed by atoms with Gasteiger partial charge in [-0.05, 0) is 40.3 Å². The minimum absolute atomic E-state index is 0.0919. The van der Waals surface area contributed by atoms with Crippen LogP contribution in [0.3, 0.4) is 0 Å². The Morgan fingerprint density at radius 3 is 2.43 bits per heavy atom. The number of hydrogen-bond acceptors (Lipinski definition) is 2. The first-order chi connectivity index (χ1) is 6.49. The molecule has 0 radical (unpaired) electrons. The highest BCUT2D eigenvalue weighted by Crippen LogP contribution is 2.22. The molecule has 0 saturated carbocycles. The van der Waals surface area contributed by atoms with Crippen LogP contribution in [0.15, 0.2) is 0 Å². The van der Waals surface area contributed by atoms with Crippen molar-refractivity contribution < 1.29 is 0 Å². The summed E-state index contributed by atoms with van der Waals surface area (Å²) in [7, 11) is 4.18. The largest absolute Gasteiger partial charge is 0.326 e. The Morgan fingerprint density at radius 2 is 2.07 bits per heavy atom. The van der Waals surface area contributed by atoms with Crippen molar-refractivity contribution in [3.8, 4) is 12.3 Å². The number of terminal acetylenes is 1. The second-order valence-electron chi connectivity index (χ2n) is 4.31. The van der Waals surface area contributed by atoms with Gasteiger partial charge in [-0.1, -0.05) is 6.92 Å². The van der Waals surface area contributed by atoms with Crippen LogP contribution >= 0.6 is 0 Å². The Labute approximate surface area is 88.9 Å². The van der Waals surface area contributed by atoms with Gasteiger partial charge in [-0.3, -0.25) is 0 Å². The van der Waals surface area contributed by atoms with Gasteiger partial charge in [0, 0.05) is 18.0 Å². The number of unbranched alkanes of at least 4 members (excludes halogenated alkanes) is 1. The molecule has 0 heterocycles. The molecule has 0 aromatic heterocycles. The molecule has 0 aliphatic heterocycles. The van der Waals surface area contributed by atoms with E-state index >= 15 is 0 Å². The van der Waals surface area contributed by atoms with Gasteiger partial charge in [0.25, 0.3) is 0 Å². The Bertz CT molecular complexity index is 193. The van der Waals surface area contributed by atoms with Crippen molar-refractivity contribution in [1.82, 2.24) is 4.90 Å². The third-order valence-electron chi connectivity index (χ3n) is 3.37. The number of nitrogens with two attached hydrogens (primary N) is 1. The van der Waals surface area contributed by atoms with Crippen LogP contribution in [0.1, 0.15) is 39.5 Å². The van der Waals surface area contributed by atoms with Gasteiger partial charge in [-0.25, -0.2) is 0 Å². The fourth-order valence-electron chi connectivity index (χ4n) is 1.65. The van der Waals surface area contributed by atoms with Gasteiger partial charge in [0.2, 0.25) is 0 Å². The van der Waals surface area contributed by atoms with Crippen molar-refractivity contribution in [3.05, 3.63) is 0 Å². The number of nitrogens with zero attached hydrogens (tertiary/aromatic N) is 1. The molecule has 82 valence electrons. The van der Waals surface area contributed by atoms with Gasteiger partial charge in [-0.15, -0.1) is 12.3 Å². The molecule has 0 aliphatic rings. The van der Waals surface area contributed by atoms with E-state index in [0.717, 1.165) is 25.7 Å². The average Bonchev–Trinajstić information content (AvgIpc) is 2.16. The zero-order chi connectivity index (χ0) is 11.2. The smallest absolute Gasteiger partial charge is 0.0323 e. The van der Waals surface area contributed by atoms with E-state index in [1.807, 2.05) is 0 Å². The topological polar surface area (TPSA) is 29.3 Å². The van der Waals surface area contributed by atoms with Gasteiger partial charge in [0.05, 0.1) is 0 Å². The summed E-state index contributed by atoms with van der Waals surface area (Å²) in [5.41, 5.74) is 6.29. The predicted octanol–water partition coefficient (Wildman–Crippen LogP) is 1.85. The molecule has 2 unspecified atom stereocenters. The molecule has 0 bridgehead atoms. The first kappa shape index (κ1) is 13.5. The quantitative estimate of drug-likeness (QED) is 0.519. The van der Waals surface area contributed by atoms with E-state index in [0.29, 0.717) is 0 Å². The molecule has 0 aromatic carbocycles. The third-order valence-corrected chi connectivity index (χ3v) is 3.37. The average molecular weight is 196 g/mol. The lowest BCUT2D eigenvalue weighted by atomic mass is 9.85. The van der Waals surface area contributed by atoms with Crippen LogP contribution in [-0.4, -0.2) is 30.6 Å². The summed E-state index contributed by atoms with van der Waals surface area (Å²) in [5.74, 6) is 2.65. The van der Waals surface area contributed by atoms with E-state index in [9.17, 15) is 0 Å². The fourth-order valence-corrected chi connectivity index (χ4v) is 1.65. The van der Waals surface area contributed by atoms with E-state index in [2.05, 4.69) is 38.8 Å². The van der Waals surface area contributed by atoms with Gasteiger partial charge in [0.1, 0.15) is 0 Å². The number of likely N-dealkylation sites (N-methyl/N-ethyl adjacent to an activating group) is 1. The summed E-state index contributed by atoms with van der Waals surface area (Å²) in [4.78, 5) is 2.22. The first-order valence-electron chi connectivity index (χ1n) is 5.35. The minimum Gasteiger partial charge on any atom is -0.326 e. The Balaban J connectivity index is 4.18. The summed E-state index contributed by atoms with van der Waals surface area (Å²) in [5, 5.41) is 0. The molecule has 0 aromatic rings. The Hall–Kier alpha value is -0.520. The van der Waals surface area contributed by atoms with E-state index in [-0.39, 0.29) is 11.6 Å². The molecule has 2 N–H and O–H groups in total. The lowest BCUT2D eigenvalue weighted by molar-refractivity contribution is 0.126. The highest BCUT2D eigenvalue weighted by molar-refractivity contribution is 4.93. The van der Waals surface area contributed by atoms with Gasteiger partial charge >= 0.3 is 0 Å². The van der Waals surface area contributed by atoms with Crippen molar-refractivity contribution in [3.63, 3.8) is 0 Å². The number of hydrogen-bond donors (Lipinski definition) is 1. The molecule has 0 saturated heterocycles. The summed E-state index contributed by atoms with van der Waals surface area (Å²) in [6.07, 6.45) is 9.15. The molecular weight excluding hydrogens is 172 g/mol. The van der Waals surface area contributed by atoms with Gasteiger partial charge in [-0.2, -0.15) is 0 Å². The maximum atomic E-state index is 6.19. The lowest BCUT2D eigenvalue weighted by Crippen LogP contribution is -2.54. The first-order valence-corrected chi connectivity index (χ1v) is 5.35. The van der Waals surface area contributed by atoms with Crippen molar-refractivity contribution in [1.29, 1.82) is 0 Å². The molecule has 0 rings (SSSR count). The molecule has 14 heavy (non-hydrogen) atoms. The summed E-state index contributed by atoms with van der Waals surface area (Å²) in [6.45, 7) is 4.40. The van der Waals surface area contributed by atoms with E-state index in [1.54, 1.807) is 0 Å². The van der Waals surface area contributed by atoms with Gasteiger partial charge < -0.3 is 10.6 Å². The van der Waals surface area contributed by atoms with Crippen LogP contribution in [0.2, 0.25) is 0 Å². The highest BCUT2D eigenvalue weighted by Gasteiger charge is 2.31. The zero-order valence-electron chi connectivity index (χ0n) is 10.0. The van der Waals surface area contributed by atoms with E-state index in [1.165, 1.54) is 0 Å². The molecule has 2 nitrogen and oxygen atoms in total. The Kier molecular flexibility index (Phi) is 5.83. The summed E-state index contributed by atoms with van der Waals surface area (Å²) in [6, 6.07) is 0.204. The maximum absolute atomic E-state index is 6.19. The normalized spacial score (nSPS) is 17.5. The van der Waals surface area contributed by atoms with Gasteiger partial charge in [0.15, 0.2) is 0 Å². The van der Waals surface area contributed by atoms with Crippen molar-refractivity contribution >= 4 is 0 Å². The van der Waals surface area contributed by atoms with Crippen LogP contribution in [0.4, 0.5) is 0 Å². The molecule has 2 heteroatoms. The van der Waals surface area contributed by atoms with E-state index in [4.69, 9.17) is 12.2 Å². The van der Waals surface area contributed by atoms with Crippen LogP contribution in [0, 0.1) is 12.3 Å². The highest BCUT2D eigenvalue weighted by atomic mass is 15.2. The molecule has 0 spiro atoms. The zero-order valence-corrected chi connectivity index (χ0v) is 10.0. The predicted molar refractivity (Wildman–Crippen MR) is 63.0 cm³/mol. The van der Waals surface area contributed by atoms with Crippen LogP contribution in [0.25, 0.3) is 0 Å². The minimum atomic E-state index is 0.0919. The maximum Gasteiger partial charge on any atom is 0.0323 e. The van der Waals surface area contributed by atoms with Crippen molar-refractivity contribution in [2.75, 3.05) is 14.1 Å². The summed E-state index contributed by atoms with van der Waals surface area (Å²) < 4.78 is 0. The third kappa shape index (κ3) is 3.32.